The molecule has 1 aliphatic rings. The largest absolute Gasteiger partial charge is 0.328 e. The average molecular weight is 255 g/mol. The lowest BCUT2D eigenvalue weighted by Gasteiger charge is -2.35. The van der Waals surface area contributed by atoms with Gasteiger partial charge in [0.25, 0.3) is 0 Å². The van der Waals surface area contributed by atoms with Crippen molar-refractivity contribution in [3.05, 3.63) is 0 Å². The summed E-state index contributed by atoms with van der Waals surface area (Å²) < 4.78 is 0. The molecule has 0 radical (unpaired) electrons. The summed E-state index contributed by atoms with van der Waals surface area (Å²) in [5.41, 5.74) is 6.53. The number of hydrogen-bond acceptors (Lipinski definition) is 3. The first-order valence-corrected chi connectivity index (χ1v) is 7.41. The van der Waals surface area contributed by atoms with Crippen LogP contribution in [0.2, 0.25) is 0 Å². The van der Waals surface area contributed by atoms with Gasteiger partial charge in [-0.1, -0.05) is 20.8 Å². The first kappa shape index (κ1) is 15.9. The van der Waals surface area contributed by atoms with Crippen LogP contribution >= 0.6 is 0 Å². The molecule has 18 heavy (non-hydrogen) atoms. The number of nitrogens with two attached hydrogens (primary N) is 1. The lowest BCUT2D eigenvalue weighted by Crippen LogP contribution is -2.47. The molecule has 0 atom stereocenters. The third-order valence-corrected chi connectivity index (χ3v) is 3.64. The van der Waals surface area contributed by atoms with Crippen molar-refractivity contribution in [1.29, 1.82) is 0 Å². The van der Waals surface area contributed by atoms with Crippen LogP contribution in [0.25, 0.3) is 0 Å². The highest BCUT2D eigenvalue weighted by atomic mass is 15.2. The Morgan fingerprint density at radius 3 is 2.17 bits per heavy atom. The van der Waals surface area contributed by atoms with E-state index in [9.17, 15) is 0 Å². The van der Waals surface area contributed by atoms with Crippen LogP contribution in [-0.2, 0) is 0 Å². The molecule has 1 heterocycles. The van der Waals surface area contributed by atoms with Crippen LogP contribution in [0.5, 0.6) is 0 Å². The standard InChI is InChI=1S/C15H33N3/c1-14(2,3)12-15(4,5)17-8-11-18-9-6-13(16)7-10-18/h13,17H,6-12,16H2,1-5H3. The van der Waals surface area contributed by atoms with Gasteiger partial charge in [0.15, 0.2) is 0 Å². The van der Waals surface area contributed by atoms with E-state index in [2.05, 4.69) is 44.8 Å². The molecule has 0 amide bonds. The first-order valence-electron chi connectivity index (χ1n) is 7.41. The van der Waals surface area contributed by atoms with Gasteiger partial charge in [0.2, 0.25) is 0 Å². The molecule has 0 aromatic rings. The molecule has 3 nitrogen and oxygen atoms in total. The van der Waals surface area contributed by atoms with Gasteiger partial charge in [-0.25, -0.2) is 0 Å². The van der Waals surface area contributed by atoms with E-state index in [0.717, 1.165) is 25.9 Å². The van der Waals surface area contributed by atoms with Crippen molar-refractivity contribution < 1.29 is 0 Å². The number of rotatable bonds is 5. The molecule has 1 rings (SSSR count). The number of likely N-dealkylation sites (tertiary alicyclic amines) is 1. The number of hydrogen-bond donors (Lipinski definition) is 2. The van der Waals surface area contributed by atoms with E-state index in [-0.39, 0.29) is 5.54 Å². The van der Waals surface area contributed by atoms with Crippen LogP contribution in [-0.4, -0.2) is 42.7 Å². The molecule has 1 aliphatic heterocycles. The van der Waals surface area contributed by atoms with Crippen LogP contribution in [0.3, 0.4) is 0 Å². The summed E-state index contributed by atoms with van der Waals surface area (Å²) in [6.45, 7) is 16.1. The lowest BCUT2D eigenvalue weighted by atomic mass is 9.82. The fourth-order valence-electron chi connectivity index (χ4n) is 3.12. The minimum Gasteiger partial charge on any atom is -0.328 e. The third kappa shape index (κ3) is 6.72. The van der Waals surface area contributed by atoms with Crippen molar-refractivity contribution in [1.82, 2.24) is 10.2 Å². The highest BCUT2D eigenvalue weighted by Gasteiger charge is 2.25. The minimum atomic E-state index is 0.227. The molecule has 3 heteroatoms. The number of nitrogens with zero attached hydrogens (tertiary/aromatic N) is 1. The molecule has 108 valence electrons. The highest BCUT2D eigenvalue weighted by molar-refractivity contribution is 4.84. The molecule has 0 saturated carbocycles. The predicted octanol–water partition coefficient (Wildman–Crippen LogP) is 2.21. The zero-order valence-electron chi connectivity index (χ0n) is 13.1. The van der Waals surface area contributed by atoms with Crippen molar-refractivity contribution in [2.75, 3.05) is 26.2 Å². The summed E-state index contributed by atoms with van der Waals surface area (Å²) in [6.07, 6.45) is 3.52. The second-order valence-corrected chi connectivity index (χ2v) is 7.73. The Labute approximate surface area is 113 Å². The maximum absolute atomic E-state index is 5.92. The van der Waals surface area contributed by atoms with E-state index in [1.165, 1.54) is 19.5 Å². The first-order chi connectivity index (χ1) is 8.18. The SMILES string of the molecule is CC(C)(C)CC(C)(C)NCCN1CCC(N)CC1. The maximum Gasteiger partial charge on any atom is 0.0130 e. The molecule has 1 saturated heterocycles. The van der Waals surface area contributed by atoms with Crippen molar-refractivity contribution in [3.63, 3.8) is 0 Å². The smallest absolute Gasteiger partial charge is 0.0130 e. The van der Waals surface area contributed by atoms with E-state index in [0.29, 0.717) is 11.5 Å². The van der Waals surface area contributed by atoms with Gasteiger partial charge in [-0.3, -0.25) is 0 Å². The average Bonchev–Trinajstić information content (AvgIpc) is 2.17. The molecular weight excluding hydrogens is 222 g/mol. The summed E-state index contributed by atoms with van der Waals surface area (Å²) in [4.78, 5) is 2.53. The van der Waals surface area contributed by atoms with Gasteiger partial charge in [0.1, 0.15) is 0 Å². The summed E-state index contributed by atoms with van der Waals surface area (Å²) in [6, 6.07) is 0.437. The van der Waals surface area contributed by atoms with Gasteiger partial charge in [0.05, 0.1) is 0 Å². The normalized spacial score (nSPS) is 20.3. The van der Waals surface area contributed by atoms with Crippen LogP contribution < -0.4 is 11.1 Å². The zero-order valence-corrected chi connectivity index (χ0v) is 13.1. The summed E-state index contributed by atoms with van der Waals surface area (Å²) in [7, 11) is 0. The van der Waals surface area contributed by atoms with Gasteiger partial charge in [0, 0.05) is 24.7 Å². The van der Waals surface area contributed by atoms with Crippen LogP contribution in [0.1, 0.15) is 53.9 Å². The number of piperidine rings is 1. The van der Waals surface area contributed by atoms with Gasteiger partial charge in [-0.05, 0) is 51.6 Å². The van der Waals surface area contributed by atoms with Gasteiger partial charge in [-0.15, -0.1) is 0 Å². The van der Waals surface area contributed by atoms with Crippen molar-refractivity contribution in [3.8, 4) is 0 Å². The predicted molar refractivity (Wildman–Crippen MR) is 79.8 cm³/mol. The molecule has 0 bridgehead atoms. The Morgan fingerprint density at radius 1 is 1.11 bits per heavy atom. The van der Waals surface area contributed by atoms with E-state index in [1.807, 2.05) is 0 Å². The van der Waals surface area contributed by atoms with E-state index >= 15 is 0 Å². The van der Waals surface area contributed by atoms with Crippen molar-refractivity contribution in [2.24, 2.45) is 11.1 Å². The van der Waals surface area contributed by atoms with Gasteiger partial charge in [-0.2, -0.15) is 0 Å². The Morgan fingerprint density at radius 2 is 1.67 bits per heavy atom. The van der Waals surface area contributed by atoms with Gasteiger partial charge >= 0.3 is 0 Å². The second-order valence-electron chi connectivity index (χ2n) is 7.73. The fraction of sp³-hybridized carbons (Fsp3) is 1.00. The topological polar surface area (TPSA) is 41.3 Å². The fourth-order valence-corrected chi connectivity index (χ4v) is 3.12. The molecule has 0 aliphatic carbocycles. The zero-order chi connectivity index (χ0) is 13.8. The molecule has 0 aromatic heterocycles. The molecule has 0 unspecified atom stereocenters. The summed E-state index contributed by atoms with van der Waals surface area (Å²) in [5, 5.41) is 3.70. The third-order valence-electron chi connectivity index (χ3n) is 3.64. The van der Waals surface area contributed by atoms with E-state index in [1.54, 1.807) is 0 Å². The minimum absolute atomic E-state index is 0.227. The monoisotopic (exact) mass is 255 g/mol. The molecule has 3 N–H and O–H groups in total. The Balaban J connectivity index is 2.20. The van der Waals surface area contributed by atoms with Crippen LogP contribution in [0.15, 0.2) is 0 Å². The highest BCUT2D eigenvalue weighted by Crippen LogP contribution is 2.26. The maximum atomic E-state index is 5.92. The molecule has 0 spiro atoms. The van der Waals surface area contributed by atoms with E-state index < -0.39 is 0 Å². The summed E-state index contributed by atoms with van der Waals surface area (Å²) in [5.74, 6) is 0. The van der Waals surface area contributed by atoms with Crippen molar-refractivity contribution >= 4 is 0 Å². The van der Waals surface area contributed by atoms with Crippen molar-refractivity contribution in [2.45, 2.75) is 65.5 Å². The van der Waals surface area contributed by atoms with Crippen LogP contribution in [0, 0.1) is 5.41 Å². The second kappa shape index (κ2) is 6.36. The molecule has 1 fully saturated rings. The molecular formula is C15H33N3. The van der Waals surface area contributed by atoms with E-state index in [4.69, 9.17) is 5.73 Å². The Hall–Kier alpha value is -0.120. The molecule has 0 aromatic carbocycles. The summed E-state index contributed by atoms with van der Waals surface area (Å²) >= 11 is 0. The lowest BCUT2D eigenvalue weighted by molar-refractivity contribution is 0.193. The Bertz CT molecular complexity index is 235. The Kier molecular flexibility index (Phi) is 5.63. The number of nitrogens with one attached hydrogen (secondary N) is 1. The van der Waals surface area contributed by atoms with Gasteiger partial charge < -0.3 is 16.0 Å². The van der Waals surface area contributed by atoms with Crippen LogP contribution in [0.4, 0.5) is 0 Å². The quantitative estimate of drug-likeness (QED) is 0.791.